The smallest absolute Gasteiger partial charge is 0.410 e. The van der Waals surface area contributed by atoms with E-state index in [9.17, 15) is 24.0 Å². The van der Waals surface area contributed by atoms with Gasteiger partial charge < -0.3 is 24.7 Å². The van der Waals surface area contributed by atoms with E-state index in [-0.39, 0.29) is 24.9 Å². The molecule has 0 saturated carbocycles. The van der Waals surface area contributed by atoms with Gasteiger partial charge in [-0.3, -0.25) is 19.3 Å². The Labute approximate surface area is 258 Å². The van der Waals surface area contributed by atoms with Crippen molar-refractivity contribution in [2.24, 2.45) is 5.92 Å². The highest BCUT2D eigenvalue weighted by atomic mass is 16.6. The molecule has 2 heterocycles. The molecule has 5 atom stereocenters. The average Bonchev–Trinajstić information content (AvgIpc) is 3.28. The summed E-state index contributed by atoms with van der Waals surface area (Å²) in [6.07, 6.45) is 2.02. The molecule has 11 heteroatoms. The van der Waals surface area contributed by atoms with Crippen LogP contribution >= 0.6 is 0 Å². The Morgan fingerprint density at radius 3 is 2.36 bits per heavy atom. The van der Waals surface area contributed by atoms with Gasteiger partial charge >= 0.3 is 12.1 Å². The van der Waals surface area contributed by atoms with Crippen molar-refractivity contribution in [1.82, 2.24) is 20.1 Å². The van der Waals surface area contributed by atoms with Gasteiger partial charge in [-0.15, -0.1) is 0 Å². The zero-order valence-corrected chi connectivity index (χ0v) is 26.6. The number of likely N-dealkylation sites (N-methyl/N-ethyl adjacent to an activating group) is 1. The predicted octanol–water partition coefficient (Wildman–Crippen LogP) is 3.66. The lowest BCUT2D eigenvalue weighted by Crippen LogP contribution is -2.52. The largest absolute Gasteiger partial charge is 0.461 e. The topological polar surface area (TPSA) is 136 Å². The number of carbonyl (C=O) groups is 5. The molecule has 0 spiro atoms. The maximum absolute atomic E-state index is 13.9. The molecule has 2 aromatic rings. The van der Waals surface area contributed by atoms with E-state index >= 15 is 0 Å². The van der Waals surface area contributed by atoms with Crippen LogP contribution in [0.3, 0.4) is 0 Å². The summed E-state index contributed by atoms with van der Waals surface area (Å²) in [5, 5.41) is 5.86. The molecule has 0 radical (unpaired) electrons. The van der Waals surface area contributed by atoms with Crippen LogP contribution in [0.25, 0.3) is 0 Å². The molecule has 1 aliphatic heterocycles. The molecular formula is C33H44N4O7. The number of benzene rings is 1. The molecule has 5 unspecified atom stereocenters. The zero-order chi connectivity index (χ0) is 32.3. The number of ketones is 1. The quantitative estimate of drug-likeness (QED) is 0.437. The van der Waals surface area contributed by atoms with Gasteiger partial charge in [0.05, 0.1) is 17.9 Å². The van der Waals surface area contributed by atoms with Gasteiger partial charge in [-0.05, 0) is 71.6 Å². The molecule has 2 N–H and O–H groups in total. The predicted molar refractivity (Wildman–Crippen MR) is 163 cm³/mol. The minimum atomic E-state index is -1.02. The number of rotatable bonds is 8. The highest BCUT2D eigenvalue weighted by Crippen LogP contribution is 2.38. The van der Waals surface area contributed by atoms with E-state index in [4.69, 9.17) is 9.47 Å². The van der Waals surface area contributed by atoms with Crippen LogP contribution in [-0.2, 0) is 41.6 Å². The number of amides is 3. The number of carbonyl (C=O) groups excluding carboxylic acids is 5. The lowest BCUT2D eigenvalue weighted by molar-refractivity contribution is -0.152. The summed E-state index contributed by atoms with van der Waals surface area (Å²) in [7, 11) is 1.50. The fraction of sp³-hybridized carbons (Fsp3) is 0.545. The van der Waals surface area contributed by atoms with Crippen LogP contribution < -0.4 is 10.6 Å². The van der Waals surface area contributed by atoms with Crippen LogP contribution in [0.15, 0.2) is 42.6 Å². The molecule has 2 aliphatic rings. The first-order valence-electron chi connectivity index (χ1n) is 15.2. The van der Waals surface area contributed by atoms with E-state index in [1.165, 1.54) is 11.9 Å². The maximum Gasteiger partial charge on any atom is 0.410 e. The third-order valence-corrected chi connectivity index (χ3v) is 8.07. The van der Waals surface area contributed by atoms with Crippen molar-refractivity contribution in [1.29, 1.82) is 0 Å². The normalized spacial score (nSPS) is 20.9. The highest BCUT2D eigenvalue weighted by molar-refractivity contribution is 5.94. The summed E-state index contributed by atoms with van der Waals surface area (Å²) in [6, 6.07) is 8.45. The van der Waals surface area contributed by atoms with E-state index in [1.54, 1.807) is 65.8 Å². The van der Waals surface area contributed by atoms with Gasteiger partial charge in [-0.25, -0.2) is 9.59 Å². The van der Waals surface area contributed by atoms with E-state index < -0.39 is 59.4 Å². The molecule has 11 nitrogen and oxygen atoms in total. The molecule has 0 saturated heterocycles. The highest BCUT2D eigenvalue weighted by Gasteiger charge is 2.43. The molecule has 238 valence electrons. The van der Waals surface area contributed by atoms with Crippen molar-refractivity contribution >= 4 is 29.7 Å². The van der Waals surface area contributed by atoms with Crippen molar-refractivity contribution < 1.29 is 33.4 Å². The lowest BCUT2D eigenvalue weighted by atomic mass is 9.79. The Hall–Kier alpha value is -4.15. The molecule has 1 aromatic carbocycles. The van der Waals surface area contributed by atoms with Crippen molar-refractivity contribution in [3.05, 3.63) is 59.4 Å². The molecule has 0 fully saturated rings. The number of aryl methyl sites for hydroxylation is 1. The molecule has 44 heavy (non-hydrogen) atoms. The van der Waals surface area contributed by atoms with Crippen LogP contribution in [0.2, 0.25) is 0 Å². The van der Waals surface area contributed by atoms with E-state index in [0.717, 1.165) is 11.3 Å². The molecule has 1 aromatic heterocycles. The Kier molecular flexibility index (Phi) is 9.85. The summed E-state index contributed by atoms with van der Waals surface area (Å²) >= 11 is 0. The van der Waals surface area contributed by atoms with Gasteiger partial charge in [0.15, 0.2) is 6.04 Å². The number of nitrogens with zero attached hydrogens (tertiary/aromatic N) is 2. The number of hydrogen-bond acceptors (Lipinski definition) is 7. The van der Waals surface area contributed by atoms with Gasteiger partial charge in [-0.2, -0.15) is 0 Å². The number of Topliss-reactive ketones (excluding diaryl/α,β-unsaturated/α-hetero) is 1. The molecular weight excluding hydrogens is 564 g/mol. The number of ether oxygens (including phenoxy) is 2. The van der Waals surface area contributed by atoms with Gasteiger partial charge in [0.25, 0.3) is 0 Å². The second kappa shape index (κ2) is 13.2. The molecule has 4 rings (SSSR count). The summed E-state index contributed by atoms with van der Waals surface area (Å²) in [5.41, 5.74) is 1.68. The van der Waals surface area contributed by atoms with Gasteiger partial charge in [0, 0.05) is 37.9 Å². The minimum absolute atomic E-state index is 0.0574. The number of nitrogens with one attached hydrogen (secondary N) is 2. The standard InChI is InChI=1S/C33H44N4O7/c1-19(2)43-31(41)27(21-11-9-8-10-12-21)35-30(40)23-17-25(38)26-24(14-13-22-15-16-37(18-23)28(22)26)34-29(39)20(3)36(7)32(42)44-33(4,5)6/h8-12,15-16,19-20,23-24,26-27H,13-14,17-18H2,1-7H3,(H,34,39)(H,35,40). The van der Waals surface area contributed by atoms with E-state index in [1.807, 2.05) is 22.9 Å². The van der Waals surface area contributed by atoms with Crippen LogP contribution in [0.4, 0.5) is 4.79 Å². The second-order valence-electron chi connectivity index (χ2n) is 13.0. The van der Waals surface area contributed by atoms with Crippen LogP contribution in [-0.4, -0.2) is 70.0 Å². The maximum atomic E-state index is 13.9. The number of esters is 1. The Bertz CT molecular complexity index is 1390. The summed E-state index contributed by atoms with van der Waals surface area (Å²) in [6.45, 7) is 10.6. The van der Waals surface area contributed by atoms with Crippen molar-refractivity contribution in [2.75, 3.05) is 7.05 Å². The number of hydrogen-bond donors (Lipinski definition) is 2. The van der Waals surface area contributed by atoms with Gasteiger partial charge in [-0.1, -0.05) is 30.3 Å². The zero-order valence-electron chi connectivity index (χ0n) is 26.6. The van der Waals surface area contributed by atoms with Crippen molar-refractivity contribution in [2.45, 2.75) is 103 Å². The van der Waals surface area contributed by atoms with E-state index in [2.05, 4.69) is 10.6 Å². The molecule has 1 aliphatic carbocycles. The Morgan fingerprint density at radius 1 is 1.05 bits per heavy atom. The fourth-order valence-electron chi connectivity index (χ4n) is 5.78. The Balaban J connectivity index is 1.52. The van der Waals surface area contributed by atoms with E-state index in [0.29, 0.717) is 18.4 Å². The van der Waals surface area contributed by atoms with Crippen LogP contribution in [0.5, 0.6) is 0 Å². The first-order valence-corrected chi connectivity index (χ1v) is 15.2. The Morgan fingerprint density at radius 2 is 1.73 bits per heavy atom. The SMILES string of the molecule is CC(C)OC(=O)C(NC(=O)C1CC(=O)C2c3c(ccn3C1)CCC2NC(=O)C(C)N(C)C(=O)OC(C)(C)C)c1ccccc1. The first-order chi connectivity index (χ1) is 20.7. The summed E-state index contributed by atoms with van der Waals surface area (Å²) in [4.78, 5) is 67.7. The summed E-state index contributed by atoms with van der Waals surface area (Å²) in [5.74, 6) is -2.95. The van der Waals surface area contributed by atoms with Crippen LogP contribution in [0.1, 0.15) is 83.2 Å². The third kappa shape index (κ3) is 7.49. The fourth-order valence-corrected chi connectivity index (χ4v) is 5.78. The monoisotopic (exact) mass is 608 g/mol. The minimum Gasteiger partial charge on any atom is -0.461 e. The first kappa shape index (κ1) is 32.8. The number of aromatic nitrogens is 1. The van der Waals surface area contributed by atoms with Crippen molar-refractivity contribution in [3.63, 3.8) is 0 Å². The van der Waals surface area contributed by atoms with Gasteiger partial charge in [0.1, 0.15) is 17.4 Å². The molecule has 3 amide bonds. The van der Waals surface area contributed by atoms with Crippen LogP contribution in [0, 0.1) is 5.92 Å². The molecule has 0 bridgehead atoms. The second-order valence-corrected chi connectivity index (χ2v) is 13.0. The summed E-state index contributed by atoms with van der Waals surface area (Å²) < 4.78 is 12.8. The van der Waals surface area contributed by atoms with Crippen molar-refractivity contribution in [3.8, 4) is 0 Å². The lowest BCUT2D eigenvalue weighted by Gasteiger charge is -2.34. The van der Waals surface area contributed by atoms with Gasteiger partial charge in [0.2, 0.25) is 11.8 Å². The third-order valence-electron chi connectivity index (χ3n) is 8.07. The average molecular weight is 609 g/mol.